The number of esters is 1. The van der Waals surface area contributed by atoms with Crippen LogP contribution in [0.4, 0.5) is 26.3 Å². The van der Waals surface area contributed by atoms with Gasteiger partial charge in [0.1, 0.15) is 0 Å². The van der Waals surface area contributed by atoms with Gasteiger partial charge in [-0.3, -0.25) is 0 Å². The van der Waals surface area contributed by atoms with Gasteiger partial charge in [0.05, 0.1) is 43.2 Å². The molecule has 2 heterocycles. The Kier molecular flexibility index (Phi) is 8.55. The first kappa shape index (κ1) is 29.5. The van der Waals surface area contributed by atoms with Crippen molar-refractivity contribution in [3.8, 4) is 0 Å². The minimum atomic E-state index is -4.98. The van der Waals surface area contributed by atoms with Crippen LogP contribution < -0.4 is 0 Å². The number of hydrogen-bond donors (Lipinski definition) is 0. The van der Waals surface area contributed by atoms with Gasteiger partial charge >= 0.3 is 18.3 Å². The van der Waals surface area contributed by atoms with E-state index in [-0.39, 0.29) is 35.9 Å². The van der Waals surface area contributed by atoms with Crippen LogP contribution in [0.15, 0.2) is 54.7 Å². The van der Waals surface area contributed by atoms with Gasteiger partial charge in [-0.2, -0.15) is 26.3 Å². The maximum atomic E-state index is 13.4. The van der Waals surface area contributed by atoms with E-state index in [0.29, 0.717) is 18.6 Å². The van der Waals surface area contributed by atoms with E-state index in [4.69, 9.17) is 14.2 Å². The Morgan fingerprint density at radius 2 is 1.65 bits per heavy atom. The third kappa shape index (κ3) is 6.47. The van der Waals surface area contributed by atoms with Crippen LogP contribution in [0, 0.1) is 5.92 Å². The fraction of sp³-hybridized carbons (Fsp3) is 0.444. The lowest BCUT2D eigenvalue weighted by Gasteiger charge is -2.41. The summed E-state index contributed by atoms with van der Waals surface area (Å²) in [6, 6.07) is 10.2. The number of hydrogen-bond acceptors (Lipinski definition) is 6. The van der Waals surface area contributed by atoms with Gasteiger partial charge in [-0.15, -0.1) is 5.10 Å². The lowest BCUT2D eigenvalue weighted by atomic mass is 9.78. The van der Waals surface area contributed by atoms with E-state index < -0.39 is 47.8 Å². The lowest BCUT2D eigenvalue weighted by Crippen LogP contribution is -2.40. The highest BCUT2D eigenvalue weighted by atomic mass is 19.4. The average Bonchev–Trinajstić information content (AvgIpc) is 3.42. The Morgan fingerprint density at radius 1 is 1.02 bits per heavy atom. The zero-order valence-electron chi connectivity index (χ0n) is 21.7. The summed E-state index contributed by atoms with van der Waals surface area (Å²) in [4.78, 5) is 11.9. The number of carbonyl (C=O) groups excluding carboxylic acids is 1. The predicted molar refractivity (Wildman–Crippen MR) is 129 cm³/mol. The summed E-state index contributed by atoms with van der Waals surface area (Å²) in [5, 5.41) is 7.91. The second kappa shape index (κ2) is 11.6. The monoisotopic (exact) mass is 571 g/mol. The van der Waals surface area contributed by atoms with Crippen molar-refractivity contribution in [2.45, 2.75) is 57.0 Å². The molecule has 1 aromatic heterocycles. The molecule has 216 valence electrons. The fourth-order valence-electron chi connectivity index (χ4n) is 4.91. The number of methoxy groups -OCH3 is 1. The molecule has 1 aliphatic rings. The van der Waals surface area contributed by atoms with Crippen molar-refractivity contribution >= 4 is 5.97 Å². The SMILES string of the molecule is COC(=O)c1cn([C@H](C)[C@@H]2CCO[C@H](O[C@H](C)c3cc(C(F)(F)F)cc(C(F)(F)F)c3)[C@H]2c2ccccc2)nn1. The van der Waals surface area contributed by atoms with Crippen molar-refractivity contribution in [3.63, 3.8) is 0 Å². The molecule has 0 N–H and O–H groups in total. The Morgan fingerprint density at radius 3 is 2.23 bits per heavy atom. The molecule has 1 fully saturated rings. The highest BCUT2D eigenvalue weighted by Gasteiger charge is 2.42. The molecule has 40 heavy (non-hydrogen) atoms. The highest BCUT2D eigenvalue weighted by molar-refractivity contribution is 5.86. The molecule has 0 spiro atoms. The smallest absolute Gasteiger partial charge is 0.416 e. The highest BCUT2D eigenvalue weighted by Crippen LogP contribution is 2.44. The number of carbonyl (C=O) groups is 1. The average molecular weight is 572 g/mol. The van der Waals surface area contributed by atoms with Crippen LogP contribution in [0.5, 0.6) is 0 Å². The summed E-state index contributed by atoms with van der Waals surface area (Å²) < 4.78 is 98.9. The number of ether oxygens (including phenoxy) is 3. The van der Waals surface area contributed by atoms with E-state index in [0.717, 1.165) is 5.56 Å². The number of aromatic nitrogens is 3. The van der Waals surface area contributed by atoms with E-state index in [2.05, 4.69) is 10.3 Å². The predicted octanol–water partition coefficient (Wildman–Crippen LogP) is 6.59. The van der Waals surface area contributed by atoms with Crippen molar-refractivity contribution in [1.29, 1.82) is 0 Å². The molecule has 2 aromatic carbocycles. The van der Waals surface area contributed by atoms with E-state index in [1.54, 1.807) is 12.1 Å². The van der Waals surface area contributed by atoms with Crippen molar-refractivity contribution in [2.75, 3.05) is 13.7 Å². The molecule has 0 unspecified atom stereocenters. The molecule has 7 nitrogen and oxygen atoms in total. The van der Waals surface area contributed by atoms with Crippen molar-refractivity contribution in [2.24, 2.45) is 5.92 Å². The topological polar surface area (TPSA) is 75.5 Å². The molecule has 3 aromatic rings. The number of halogens is 6. The van der Waals surface area contributed by atoms with Crippen LogP contribution in [-0.4, -0.2) is 41.0 Å². The van der Waals surface area contributed by atoms with E-state index in [1.807, 2.05) is 25.1 Å². The first-order valence-corrected chi connectivity index (χ1v) is 12.4. The van der Waals surface area contributed by atoms with Crippen molar-refractivity contribution < 1.29 is 45.3 Å². The first-order valence-electron chi connectivity index (χ1n) is 12.4. The summed E-state index contributed by atoms with van der Waals surface area (Å²) >= 11 is 0. The third-order valence-corrected chi connectivity index (χ3v) is 7.03. The minimum Gasteiger partial charge on any atom is -0.464 e. The van der Waals surface area contributed by atoms with Crippen LogP contribution in [0.25, 0.3) is 0 Å². The maximum Gasteiger partial charge on any atom is 0.416 e. The Balaban J connectivity index is 1.67. The van der Waals surface area contributed by atoms with Crippen LogP contribution in [0.2, 0.25) is 0 Å². The largest absolute Gasteiger partial charge is 0.464 e. The second-order valence-electron chi connectivity index (χ2n) is 9.56. The van der Waals surface area contributed by atoms with Crippen molar-refractivity contribution in [1.82, 2.24) is 15.0 Å². The number of alkyl halides is 6. The molecule has 5 atom stereocenters. The molecule has 4 rings (SSSR count). The van der Waals surface area contributed by atoms with Gasteiger partial charge in [-0.25, -0.2) is 9.48 Å². The van der Waals surface area contributed by atoms with Gasteiger partial charge in [-0.1, -0.05) is 35.5 Å². The van der Waals surface area contributed by atoms with Crippen LogP contribution in [0.1, 0.15) is 71.1 Å². The Bertz CT molecular complexity index is 1280. The van der Waals surface area contributed by atoms with E-state index in [1.165, 1.54) is 24.9 Å². The summed E-state index contributed by atoms with van der Waals surface area (Å²) in [6.45, 7) is 3.46. The number of rotatable bonds is 7. The van der Waals surface area contributed by atoms with Crippen LogP contribution in [-0.2, 0) is 26.6 Å². The van der Waals surface area contributed by atoms with Gasteiger partial charge in [0.15, 0.2) is 12.0 Å². The zero-order chi connectivity index (χ0) is 29.2. The molecule has 0 amide bonds. The molecule has 13 heteroatoms. The van der Waals surface area contributed by atoms with Crippen LogP contribution in [0.3, 0.4) is 0 Å². The zero-order valence-corrected chi connectivity index (χ0v) is 21.7. The van der Waals surface area contributed by atoms with E-state index in [9.17, 15) is 31.1 Å². The summed E-state index contributed by atoms with van der Waals surface area (Å²) in [5.41, 5.74) is -2.31. The molecule has 0 aliphatic carbocycles. The first-order chi connectivity index (χ1) is 18.8. The maximum absolute atomic E-state index is 13.4. The second-order valence-corrected chi connectivity index (χ2v) is 9.56. The van der Waals surface area contributed by atoms with Crippen molar-refractivity contribution in [3.05, 3.63) is 82.7 Å². The molecular weight excluding hydrogens is 544 g/mol. The molecule has 1 aliphatic heterocycles. The molecule has 0 bridgehead atoms. The van der Waals surface area contributed by atoms with Gasteiger partial charge in [-0.05, 0) is 55.5 Å². The Labute approximate surface area is 226 Å². The summed E-state index contributed by atoms with van der Waals surface area (Å²) in [6.07, 6.45) is -10.2. The number of nitrogens with zero attached hydrogens (tertiary/aromatic N) is 3. The van der Waals surface area contributed by atoms with Crippen LogP contribution >= 0.6 is 0 Å². The molecule has 0 radical (unpaired) electrons. The molecular formula is C27H27F6N3O4. The normalized spacial score (nSPS) is 21.6. The quantitative estimate of drug-likeness (QED) is 0.235. The molecule has 0 saturated carbocycles. The van der Waals surface area contributed by atoms with Gasteiger partial charge in [0.2, 0.25) is 0 Å². The van der Waals surface area contributed by atoms with Gasteiger partial charge in [0.25, 0.3) is 0 Å². The minimum absolute atomic E-state index is 0.0177. The van der Waals surface area contributed by atoms with E-state index >= 15 is 0 Å². The Hall–Kier alpha value is -3.45. The third-order valence-electron chi connectivity index (χ3n) is 7.03. The summed E-state index contributed by atoms with van der Waals surface area (Å²) in [5.74, 6) is -1.35. The standard InChI is InChI=1S/C27H27F6N3O4/c1-15(36-14-22(34-35-36)24(37)38-3)21-9-10-39-25(23(21)17-7-5-4-6-8-17)40-16(2)18-11-19(26(28,29)30)13-20(12-18)27(31,32)33/h4-8,11-16,21,23,25H,9-10H2,1-3H3/t15-,16-,21+,23+,25-/m1/s1. The molecule has 1 saturated heterocycles. The fourth-order valence-corrected chi connectivity index (χ4v) is 4.91. The lowest BCUT2D eigenvalue weighted by molar-refractivity contribution is -0.212. The summed E-state index contributed by atoms with van der Waals surface area (Å²) in [7, 11) is 1.22. The van der Waals surface area contributed by atoms with Gasteiger partial charge in [0, 0.05) is 5.92 Å². The van der Waals surface area contributed by atoms with Gasteiger partial charge < -0.3 is 14.2 Å². The number of benzene rings is 2.